The predicted octanol–water partition coefficient (Wildman–Crippen LogP) is 1.67. The lowest BCUT2D eigenvalue weighted by Gasteiger charge is -2.36. The Labute approximate surface area is 178 Å². The Morgan fingerprint density at radius 3 is 2.62 bits per heavy atom. The first kappa shape index (κ1) is 21.9. The summed E-state index contributed by atoms with van der Waals surface area (Å²) in [6.07, 6.45) is 1.01. The number of benzene rings is 1. The van der Waals surface area contributed by atoms with E-state index in [1.165, 1.54) is 0 Å². The zero-order valence-corrected chi connectivity index (χ0v) is 18.0. The van der Waals surface area contributed by atoms with Gasteiger partial charge in [0, 0.05) is 57.4 Å². The molecule has 0 aliphatic carbocycles. The summed E-state index contributed by atoms with van der Waals surface area (Å²) < 4.78 is 5.39. The quantitative estimate of drug-likeness (QED) is 0.412. The molecule has 0 saturated carbocycles. The van der Waals surface area contributed by atoms with Crippen LogP contribution in [0.15, 0.2) is 29.3 Å². The summed E-state index contributed by atoms with van der Waals surface area (Å²) in [5.41, 5.74) is 1.10. The molecule has 1 aromatic rings. The SMILES string of the molecule is CCNC(=NCCCN1CCOCC1)N1CCN(Cc2ccc(Cl)cc2)C(=O)C1. The molecule has 2 aliphatic rings. The molecule has 2 saturated heterocycles. The minimum absolute atomic E-state index is 0.130. The molecule has 8 heteroatoms. The Kier molecular flexibility index (Phi) is 8.58. The fourth-order valence-electron chi connectivity index (χ4n) is 3.60. The highest BCUT2D eigenvalue weighted by molar-refractivity contribution is 6.30. The van der Waals surface area contributed by atoms with Crippen LogP contribution in [0.4, 0.5) is 0 Å². The maximum absolute atomic E-state index is 12.7. The van der Waals surface area contributed by atoms with Crippen LogP contribution in [0.1, 0.15) is 18.9 Å². The average Bonchev–Trinajstić information content (AvgIpc) is 2.74. The van der Waals surface area contributed by atoms with Gasteiger partial charge in [-0.05, 0) is 31.0 Å². The predicted molar refractivity (Wildman–Crippen MR) is 116 cm³/mol. The lowest BCUT2D eigenvalue weighted by atomic mass is 10.2. The number of ether oxygens (including phenoxy) is 1. The van der Waals surface area contributed by atoms with Crippen LogP contribution in [0.3, 0.4) is 0 Å². The van der Waals surface area contributed by atoms with E-state index >= 15 is 0 Å². The van der Waals surface area contributed by atoms with E-state index < -0.39 is 0 Å². The number of guanidine groups is 1. The van der Waals surface area contributed by atoms with Gasteiger partial charge >= 0.3 is 0 Å². The standard InChI is InChI=1S/C21H32ClN5O2/c1-2-23-21(24-8-3-9-25-12-14-29-15-13-25)27-11-10-26(20(28)17-27)16-18-4-6-19(22)7-5-18/h4-7H,2-3,8-17H2,1H3,(H,23,24). The number of carbonyl (C=O) groups is 1. The lowest BCUT2D eigenvalue weighted by Crippen LogP contribution is -2.55. The van der Waals surface area contributed by atoms with Crippen LogP contribution in [-0.4, -0.2) is 92.1 Å². The Balaban J connectivity index is 1.48. The smallest absolute Gasteiger partial charge is 0.242 e. The average molecular weight is 422 g/mol. The first-order valence-electron chi connectivity index (χ1n) is 10.5. The van der Waals surface area contributed by atoms with E-state index in [4.69, 9.17) is 21.3 Å². The number of piperazine rings is 1. The molecule has 0 aromatic heterocycles. The maximum atomic E-state index is 12.7. The maximum Gasteiger partial charge on any atom is 0.242 e. The first-order chi connectivity index (χ1) is 14.2. The van der Waals surface area contributed by atoms with Crippen molar-refractivity contribution in [2.45, 2.75) is 19.9 Å². The first-order valence-corrected chi connectivity index (χ1v) is 10.9. The van der Waals surface area contributed by atoms with Gasteiger partial charge in [-0.25, -0.2) is 0 Å². The number of morpholine rings is 1. The molecule has 0 spiro atoms. The number of hydrogen-bond acceptors (Lipinski definition) is 4. The van der Waals surface area contributed by atoms with Crippen molar-refractivity contribution >= 4 is 23.5 Å². The van der Waals surface area contributed by atoms with E-state index in [-0.39, 0.29) is 5.91 Å². The summed E-state index contributed by atoms with van der Waals surface area (Å²) in [6, 6.07) is 7.68. The number of carbonyl (C=O) groups excluding carboxylic acids is 1. The second-order valence-corrected chi connectivity index (χ2v) is 7.84. The number of amides is 1. The Bertz CT molecular complexity index is 676. The molecule has 2 aliphatic heterocycles. The molecular weight excluding hydrogens is 390 g/mol. The van der Waals surface area contributed by atoms with Gasteiger partial charge in [-0.15, -0.1) is 0 Å². The summed E-state index contributed by atoms with van der Waals surface area (Å²) in [7, 11) is 0. The molecule has 2 fully saturated rings. The molecular formula is C21H32ClN5O2. The van der Waals surface area contributed by atoms with E-state index in [0.29, 0.717) is 24.7 Å². The lowest BCUT2D eigenvalue weighted by molar-refractivity contribution is -0.135. The Hall–Kier alpha value is -1.83. The highest BCUT2D eigenvalue weighted by atomic mass is 35.5. The van der Waals surface area contributed by atoms with E-state index in [1.54, 1.807) is 0 Å². The van der Waals surface area contributed by atoms with Gasteiger partial charge in [-0.1, -0.05) is 23.7 Å². The minimum atomic E-state index is 0.130. The molecule has 29 heavy (non-hydrogen) atoms. The van der Waals surface area contributed by atoms with Crippen molar-refractivity contribution in [1.29, 1.82) is 0 Å². The largest absolute Gasteiger partial charge is 0.379 e. The highest BCUT2D eigenvalue weighted by Gasteiger charge is 2.26. The number of nitrogens with zero attached hydrogens (tertiary/aromatic N) is 4. The van der Waals surface area contributed by atoms with E-state index in [9.17, 15) is 4.79 Å². The van der Waals surface area contributed by atoms with Crippen molar-refractivity contribution in [3.8, 4) is 0 Å². The molecule has 3 rings (SSSR count). The van der Waals surface area contributed by atoms with E-state index in [0.717, 1.165) is 70.4 Å². The topological polar surface area (TPSA) is 60.4 Å². The highest BCUT2D eigenvalue weighted by Crippen LogP contribution is 2.13. The van der Waals surface area contributed by atoms with Gasteiger partial charge in [-0.2, -0.15) is 0 Å². The monoisotopic (exact) mass is 421 g/mol. The summed E-state index contributed by atoms with van der Waals surface area (Å²) >= 11 is 5.95. The van der Waals surface area contributed by atoms with Gasteiger partial charge in [0.2, 0.25) is 5.91 Å². The summed E-state index contributed by atoms with van der Waals surface area (Å²) in [6.45, 7) is 10.8. The second kappa shape index (κ2) is 11.4. The van der Waals surface area contributed by atoms with Gasteiger partial charge in [0.05, 0.1) is 19.8 Å². The number of rotatable bonds is 7. The third-order valence-corrected chi connectivity index (χ3v) is 5.49. The number of halogens is 1. The van der Waals surface area contributed by atoms with Gasteiger partial charge in [-0.3, -0.25) is 14.7 Å². The third kappa shape index (κ3) is 6.87. The van der Waals surface area contributed by atoms with E-state index in [2.05, 4.69) is 22.0 Å². The number of hydrogen-bond donors (Lipinski definition) is 1. The van der Waals surface area contributed by atoms with Gasteiger partial charge in [0.25, 0.3) is 0 Å². The second-order valence-electron chi connectivity index (χ2n) is 7.41. The molecule has 0 bridgehead atoms. The zero-order chi connectivity index (χ0) is 20.5. The van der Waals surface area contributed by atoms with Crippen LogP contribution >= 0.6 is 11.6 Å². The van der Waals surface area contributed by atoms with Crippen LogP contribution in [-0.2, 0) is 16.1 Å². The fraction of sp³-hybridized carbons (Fsp3) is 0.619. The van der Waals surface area contributed by atoms with Crippen LogP contribution < -0.4 is 5.32 Å². The minimum Gasteiger partial charge on any atom is -0.379 e. The molecule has 160 valence electrons. The van der Waals surface area contributed by atoms with Crippen molar-refractivity contribution in [2.75, 3.05) is 65.6 Å². The summed E-state index contributed by atoms with van der Waals surface area (Å²) in [5.74, 6) is 0.971. The fourth-order valence-corrected chi connectivity index (χ4v) is 3.72. The van der Waals surface area contributed by atoms with Gasteiger partial charge in [0.1, 0.15) is 0 Å². The number of aliphatic imine (C=N–C) groups is 1. The zero-order valence-electron chi connectivity index (χ0n) is 17.3. The van der Waals surface area contributed by atoms with E-state index in [1.807, 2.05) is 29.2 Å². The summed E-state index contributed by atoms with van der Waals surface area (Å²) in [5, 5.41) is 4.05. The van der Waals surface area contributed by atoms with Gasteiger partial charge < -0.3 is 19.9 Å². The van der Waals surface area contributed by atoms with Crippen LogP contribution in [0, 0.1) is 0 Å². The third-order valence-electron chi connectivity index (χ3n) is 5.24. The number of nitrogens with one attached hydrogen (secondary N) is 1. The van der Waals surface area contributed by atoms with Crippen molar-refractivity contribution in [3.05, 3.63) is 34.9 Å². The molecule has 1 amide bonds. The Morgan fingerprint density at radius 2 is 1.93 bits per heavy atom. The van der Waals surface area contributed by atoms with Gasteiger partial charge in [0.15, 0.2) is 5.96 Å². The van der Waals surface area contributed by atoms with Crippen LogP contribution in [0.25, 0.3) is 0 Å². The van der Waals surface area contributed by atoms with Crippen molar-refractivity contribution < 1.29 is 9.53 Å². The molecule has 0 radical (unpaired) electrons. The molecule has 0 unspecified atom stereocenters. The summed E-state index contributed by atoms with van der Waals surface area (Å²) in [4.78, 5) is 23.8. The molecule has 2 heterocycles. The molecule has 7 nitrogen and oxygen atoms in total. The molecule has 1 aromatic carbocycles. The van der Waals surface area contributed by atoms with Crippen molar-refractivity contribution in [2.24, 2.45) is 4.99 Å². The Morgan fingerprint density at radius 1 is 1.17 bits per heavy atom. The van der Waals surface area contributed by atoms with Crippen molar-refractivity contribution in [3.63, 3.8) is 0 Å². The van der Waals surface area contributed by atoms with Crippen LogP contribution in [0.2, 0.25) is 5.02 Å². The molecule has 0 atom stereocenters. The van der Waals surface area contributed by atoms with Crippen molar-refractivity contribution in [1.82, 2.24) is 20.0 Å². The molecule has 1 N–H and O–H groups in total. The normalized spacial score (nSPS) is 19.0. The van der Waals surface area contributed by atoms with Crippen LogP contribution in [0.5, 0.6) is 0 Å².